The van der Waals surface area contributed by atoms with Gasteiger partial charge in [-0.15, -0.1) is 11.3 Å². The van der Waals surface area contributed by atoms with Crippen molar-refractivity contribution in [1.29, 1.82) is 0 Å². The van der Waals surface area contributed by atoms with Gasteiger partial charge in [-0.3, -0.25) is 0 Å². The van der Waals surface area contributed by atoms with Crippen LogP contribution in [0.15, 0.2) is 28.5 Å². The summed E-state index contributed by atoms with van der Waals surface area (Å²) in [7, 11) is -4.12. The summed E-state index contributed by atoms with van der Waals surface area (Å²) in [4.78, 5) is 4.05. The molecule has 3 rings (SSSR count). The first-order chi connectivity index (χ1) is 12.0. The summed E-state index contributed by atoms with van der Waals surface area (Å²) >= 11 is 1.37. The second kappa shape index (κ2) is 6.61. The summed E-state index contributed by atoms with van der Waals surface area (Å²) < 4.78 is 67.8. The van der Waals surface area contributed by atoms with E-state index in [4.69, 9.17) is 0 Å². The van der Waals surface area contributed by atoms with Gasteiger partial charge in [-0.2, -0.15) is 17.9 Å². The van der Waals surface area contributed by atoms with Gasteiger partial charge in [-0.25, -0.2) is 13.4 Å². The van der Waals surface area contributed by atoms with Gasteiger partial charge < -0.3 is 0 Å². The Bertz CT molecular complexity index is 914. The van der Waals surface area contributed by atoms with Crippen molar-refractivity contribution < 1.29 is 21.6 Å². The first-order valence-corrected chi connectivity index (χ1v) is 10.5. The third kappa shape index (κ3) is 3.65. The van der Waals surface area contributed by atoms with Crippen LogP contribution in [0.2, 0.25) is 0 Å². The van der Waals surface area contributed by atoms with Crippen molar-refractivity contribution in [3.63, 3.8) is 0 Å². The van der Waals surface area contributed by atoms with Crippen molar-refractivity contribution in [3.8, 4) is 0 Å². The molecule has 1 fully saturated rings. The second-order valence-electron chi connectivity index (χ2n) is 6.66. The Labute approximate surface area is 154 Å². The number of alkyl halides is 3. The number of halogens is 3. The summed E-state index contributed by atoms with van der Waals surface area (Å²) in [6.07, 6.45) is -1.77. The molecule has 1 heterocycles. The Morgan fingerprint density at radius 1 is 1.19 bits per heavy atom. The standard InChI is InChI=1S/C17H19F3N2O2S2/c1-11-5-6-13(9-14(11)17(18,19)20)26(23,24)22-16(7-3-4-8-16)15-21-12(2)10-25-15/h5-6,9-10,22H,3-4,7-8H2,1-2H3. The van der Waals surface area contributed by atoms with Gasteiger partial charge in [0.15, 0.2) is 0 Å². The monoisotopic (exact) mass is 404 g/mol. The third-order valence-corrected chi connectivity index (χ3v) is 7.34. The Morgan fingerprint density at radius 3 is 2.38 bits per heavy atom. The zero-order chi connectivity index (χ0) is 19.2. The van der Waals surface area contributed by atoms with Crippen LogP contribution in [-0.4, -0.2) is 13.4 Å². The molecule has 1 aromatic carbocycles. The van der Waals surface area contributed by atoms with Crippen LogP contribution in [0.3, 0.4) is 0 Å². The normalized spacial score (nSPS) is 17.6. The molecule has 0 spiro atoms. The zero-order valence-corrected chi connectivity index (χ0v) is 16.0. The molecule has 4 nitrogen and oxygen atoms in total. The van der Waals surface area contributed by atoms with Gasteiger partial charge >= 0.3 is 6.18 Å². The number of nitrogens with one attached hydrogen (secondary N) is 1. The van der Waals surface area contributed by atoms with Crippen LogP contribution in [0.1, 0.15) is 47.5 Å². The highest BCUT2D eigenvalue weighted by atomic mass is 32.2. The molecule has 0 atom stereocenters. The molecule has 0 bridgehead atoms. The Hall–Kier alpha value is -1.45. The predicted octanol–water partition coefficient (Wildman–Crippen LogP) is 4.53. The fourth-order valence-corrected chi connectivity index (χ4v) is 5.83. The number of thiazole rings is 1. The second-order valence-corrected chi connectivity index (χ2v) is 9.20. The van der Waals surface area contributed by atoms with E-state index < -0.39 is 27.3 Å². The molecule has 1 aromatic heterocycles. The molecule has 2 aromatic rings. The van der Waals surface area contributed by atoms with Gasteiger partial charge in [0.1, 0.15) is 5.01 Å². The first kappa shape index (κ1) is 19.3. The van der Waals surface area contributed by atoms with Gasteiger partial charge in [0, 0.05) is 11.1 Å². The van der Waals surface area contributed by atoms with Crippen LogP contribution in [0.4, 0.5) is 13.2 Å². The summed E-state index contributed by atoms with van der Waals surface area (Å²) in [5.74, 6) is 0. The lowest BCUT2D eigenvalue weighted by Gasteiger charge is -2.28. The minimum Gasteiger partial charge on any atom is -0.245 e. The van der Waals surface area contributed by atoms with Crippen LogP contribution in [0.25, 0.3) is 0 Å². The van der Waals surface area contributed by atoms with E-state index in [2.05, 4.69) is 9.71 Å². The molecule has 0 unspecified atom stereocenters. The lowest BCUT2D eigenvalue weighted by Crippen LogP contribution is -2.43. The number of hydrogen-bond acceptors (Lipinski definition) is 4. The topological polar surface area (TPSA) is 59.1 Å². The van der Waals surface area contributed by atoms with Crippen LogP contribution in [0, 0.1) is 13.8 Å². The van der Waals surface area contributed by atoms with Crippen LogP contribution < -0.4 is 4.72 Å². The van der Waals surface area contributed by atoms with Gasteiger partial charge in [0.05, 0.1) is 16.0 Å². The molecule has 0 radical (unpaired) electrons. The molecule has 0 saturated heterocycles. The van der Waals surface area contributed by atoms with Gasteiger partial charge in [-0.05, 0) is 44.4 Å². The maximum absolute atomic E-state index is 13.1. The van der Waals surface area contributed by atoms with Crippen molar-refractivity contribution in [2.24, 2.45) is 0 Å². The number of sulfonamides is 1. The van der Waals surface area contributed by atoms with E-state index in [1.165, 1.54) is 30.4 Å². The zero-order valence-electron chi connectivity index (χ0n) is 14.4. The van der Waals surface area contributed by atoms with E-state index in [9.17, 15) is 21.6 Å². The van der Waals surface area contributed by atoms with E-state index >= 15 is 0 Å². The number of benzene rings is 1. The number of aryl methyl sites for hydroxylation is 2. The molecule has 9 heteroatoms. The highest BCUT2D eigenvalue weighted by molar-refractivity contribution is 7.89. The smallest absolute Gasteiger partial charge is 0.245 e. The van der Waals surface area contributed by atoms with Gasteiger partial charge in [-0.1, -0.05) is 18.9 Å². The van der Waals surface area contributed by atoms with Crippen molar-refractivity contribution in [3.05, 3.63) is 45.4 Å². The molecule has 1 aliphatic rings. The van der Waals surface area contributed by atoms with Gasteiger partial charge in [0.25, 0.3) is 0 Å². The van der Waals surface area contributed by atoms with E-state index in [-0.39, 0.29) is 10.5 Å². The molecule has 1 aliphatic carbocycles. The number of rotatable bonds is 4. The minimum absolute atomic E-state index is 0.0115. The maximum Gasteiger partial charge on any atom is 0.416 e. The van der Waals surface area contributed by atoms with Crippen LogP contribution >= 0.6 is 11.3 Å². The first-order valence-electron chi connectivity index (χ1n) is 8.18. The Balaban J connectivity index is 2.00. The third-order valence-electron chi connectivity index (χ3n) is 4.64. The number of aromatic nitrogens is 1. The molecule has 1 saturated carbocycles. The summed E-state index contributed by atoms with van der Waals surface area (Å²) in [6.45, 7) is 3.14. The lowest BCUT2D eigenvalue weighted by atomic mass is 10.0. The Kier molecular flexibility index (Phi) is 4.91. The van der Waals surface area contributed by atoms with Crippen molar-refractivity contribution in [2.75, 3.05) is 0 Å². The highest BCUT2D eigenvalue weighted by Gasteiger charge is 2.42. The van der Waals surface area contributed by atoms with Crippen LogP contribution in [0.5, 0.6) is 0 Å². The number of nitrogens with zero attached hydrogens (tertiary/aromatic N) is 1. The maximum atomic E-state index is 13.1. The fraction of sp³-hybridized carbons (Fsp3) is 0.471. The lowest BCUT2D eigenvalue weighted by molar-refractivity contribution is -0.138. The van der Waals surface area contributed by atoms with E-state index in [1.807, 2.05) is 12.3 Å². The average molecular weight is 404 g/mol. The van der Waals surface area contributed by atoms with Crippen molar-refractivity contribution in [1.82, 2.24) is 9.71 Å². The van der Waals surface area contributed by atoms with E-state index in [1.54, 1.807) is 0 Å². The van der Waals surface area contributed by atoms with Crippen molar-refractivity contribution >= 4 is 21.4 Å². The summed E-state index contributed by atoms with van der Waals surface area (Å²) in [5.41, 5.74) is -1.00. The average Bonchev–Trinajstić information content (AvgIpc) is 3.16. The number of hydrogen-bond donors (Lipinski definition) is 1. The molecule has 26 heavy (non-hydrogen) atoms. The molecule has 1 N–H and O–H groups in total. The quantitative estimate of drug-likeness (QED) is 0.815. The predicted molar refractivity (Wildman–Crippen MR) is 93.5 cm³/mol. The van der Waals surface area contributed by atoms with E-state index in [0.29, 0.717) is 23.9 Å². The molecular weight excluding hydrogens is 385 g/mol. The molecular formula is C17H19F3N2O2S2. The molecule has 0 amide bonds. The minimum atomic E-state index is -4.60. The molecule has 142 valence electrons. The van der Waals surface area contributed by atoms with Crippen LogP contribution in [-0.2, 0) is 21.7 Å². The van der Waals surface area contributed by atoms with E-state index in [0.717, 1.165) is 18.5 Å². The Morgan fingerprint density at radius 2 is 1.85 bits per heavy atom. The SMILES string of the molecule is Cc1csc(C2(NS(=O)(=O)c3ccc(C)c(C(F)(F)F)c3)CCCC2)n1. The summed E-state index contributed by atoms with van der Waals surface area (Å²) in [6, 6.07) is 3.10. The summed E-state index contributed by atoms with van der Waals surface area (Å²) in [5, 5.41) is 2.51. The fourth-order valence-electron chi connectivity index (χ4n) is 3.30. The van der Waals surface area contributed by atoms with Gasteiger partial charge in [0.2, 0.25) is 10.0 Å². The molecule has 0 aliphatic heterocycles. The highest BCUT2D eigenvalue weighted by Crippen LogP contribution is 2.41. The largest absolute Gasteiger partial charge is 0.416 e. The van der Waals surface area contributed by atoms with Crippen molar-refractivity contribution in [2.45, 2.75) is 56.1 Å².